The molecule has 0 spiro atoms. The third-order valence-electron chi connectivity index (χ3n) is 4.84. The standard InChI is InChI=1S/C26H24N4O2S2/c1-15(2)33-25-21(12-11-19-9-7-6-8-10-19)28-26(34-25)30-23(24(31)32)22(18(5)29-30)20-13-16(3)27-17(4)14-20/h6-10,13-15H,1-5H3,(H,31,32). The van der Waals surface area contributed by atoms with Crippen LogP contribution < -0.4 is 0 Å². The SMILES string of the molecule is Cc1cc(-c2c(C)nn(-c3nc(C#Cc4ccccc4)c(SC(C)C)s3)c2C(=O)O)cc(C)n1. The summed E-state index contributed by atoms with van der Waals surface area (Å²) in [5.74, 6) is 5.27. The van der Waals surface area contributed by atoms with Crippen molar-refractivity contribution >= 4 is 29.1 Å². The summed E-state index contributed by atoms with van der Waals surface area (Å²) >= 11 is 3.06. The summed E-state index contributed by atoms with van der Waals surface area (Å²) in [7, 11) is 0. The molecule has 0 aliphatic rings. The molecule has 4 rings (SSSR count). The van der Waals surface area contributed by atoms with Gasteiger partial charge in [0.05, 0.1) is 9.90 Å². The van der Waals surface area contributed by atoms with Crippen LogP contribution in [0.1, 0.15) is 52.7 Å². The molecule has 0 aliphatic carbocycles. The van der Waals surface area contributed by atoms with Crippen molar-refractivity contribution in [2.75, 3.05) is 0 Å². The molecule has 0 saturated carbocycles. The maximum absolute atomic E-state index is 12.4. The Kier molecular flexibility index (Phi) is 6.87. The van der Waals surface area contributed by atoms with Crippen molar-refractivity contribution in [1.29, 1.82) is 0 Å². The summed E-state index contributed by atoms with van der Waals surface area (Å²) in [5, 5.41) is 15.6. The summed E-state index contributed by atoms with van der Waals surface area (Å²) in [6.45, 7) is 9.81. The van der Waals surface area contributed by atoms with Gasteiger partial charge in [-0.15, -0.1) is 11.8 Å². The van der Waals surface area contributed by atoms with Gasteiger partial charge in [0, 0.05) is 27.8 Å². The molecule has 34 heavy (non-hydrogen) atoms. The number of carbonyl (C=O) groups is 1. The Labute approximate surface area is 207 Å². The number of benzene rings is 1. The van der Waals surface area contributed by atoms with Crippen LogP contribution in [0.2, 0.25) is 0 Å². The molecule has 8 heteroatoms. The average Bonchev–Trinajstić information content (AvgIpc) is 3.32. The normalized spacial score (nSPS) is 10.9. The molecule has 3 heterocycles. The zero-order chi connectivity index (χ0) is 24.4. The van der Waals surface area contributed by atoms with Crippen molar-refractivity contribution in [2.45, 2.75) is 44.1 Å². The Morgan fingerprint density at radius 2 is 1.74 bits per heavy atom. The quantitative estimate of drug-likeness (QED) is 0.278. The number of aryl methyl sites for hydroxylation is 3. The van der Waals surface area contributed by atoms with Gasteiger partial charge in [-0.2, -0.15) is 9.78 Å². The molecular weight excluding hydrogens is 464 g/mol. The number of pyridine rings is 1. The monoisotopic (exact) mass is 488 g/mol. The van der Waals surface area contributed by atoms with E-state index in [9.17, 15) is 9.90 Å². The van der Waals surface area contributed by atoms with Crippen LogP contribution in [-0.2, 0) is 0 Å². The summed E-state index contributed by atoms with van der Waals surface area (Å²) in [4.78, 5) is 21.6. The summed E-state index contributed by atoms with van der Waals surface area (Å²) in [6.07, 6.45) is 0. The summed E-state index contributed by atoms with van der Waals surface area (Å²) < 4.78 is 2.37. The summed E-state index contributed by atoms with van der Waals surface area (Å²) in [5.41, 5.74) is 5.22. The molecule has 1 aromatic carbocycles. The number of thiazole rings is 1. The molecule has 3 aromatic heterocycles. The molecule has 0 bridgehead atoms. The fraction of sp³-hybridized carbons (Fsp3) is 0.231. The maximum Gasteiger partial charge on any atom is 0.355 e. The number of carboxylic acid groups (broad SMARTS) is 1. The summed E-state index contributed by atoms with van der Waals surface area (Å²) in [6, 6.07) is 13.5. The first-order chi connectivity index (χ1) is 16.2. The molecule has 172 valence electrons. The lowest BCUT2D eigenvalue weighted by Crippen LogP contribution is -2.09. The van der Waals surface area contributed by atoms with Gasteiger partial charge in [-0.1, -0.05) is 49.3 Å². The molecule has 0 atom stereocenters. The van der Waals surface area contributed by atoms with E-state index in [0.717, 1.165) is 26.7 Å². The second kappa shape index (κ2) is 9.84. The van der Waals surface area contributed by atoms with Crippen molar-refractivity contribution in [3.05, 3.63) is 76.5 Å². The highest BCUT2D eigenvalue weighted by Gasteiger charge is 2.26. The zero-order valence-electron chi connectivity index (χ0n) is 19.6. The molecule has 0 saturated heterocycles. The molecular formula is C26H24N4O2S2. The van der Waals surface area contributed by atoms with Gasteiger partial charge in [0.1, 0.15) is 5.69 Å². The number of hydrogen-bond acceptors (Lipinski definition) is 6. The Hall–Kier alpha value is -3.41. The number of nitrogens with zero attached hydrogens (tertiary/aromatic N) is 4. The van der Waals surface area contributed by atoms with Crippen molar-refractivity contribution in [3.8, 4) is 28.1 Å². The van der Waals surface area contributed by atoms with E-state index in [1.54, 1.807) is 11.8 Å². The van der Waals surface area contributed by atoms with Gasteiger partial charge in [-0.3, -0.25) is 4.98 Å². The van der Waals surface area contributed by atoms with Gasteiger partial charge in [-0.25, -0.2) is 9.78 Å². The van der Waals surface area contributed by atoms with E-state index in [-0.39, 0.29) is 5.69 Å². The van der Waals surface area contributed by atoms with Crippen molar-refractivity contribution in [2.24, 2.45) is 0 Å². The van der Waals surface area contributed by atoms with E-state index in [1.165, 1.54) is 16.0 Å². The van der Waals surface area contributed by atoms with Crippen LogP contribution in [0.4, 0.5) is 0 Å². The Morgan fingerprint density at radius 3 is 2.35 bits per heavy atom. The van der Waals surface area contributed by atoms with Gasteiger partial charge in [0.15, 0.2) is 5.69 Å². The fourth-order valence-corrected chi connectivity index (χ4v) is 5.94. The predicted molar refractivity (Wildman–Crippen MR) is 137 cm³/mol. The van der Waals surface area contributed by atoms with Crippen molar-refractivity contribution in [3.63, 3.8) is 0 Å². The second-order valence-corrected chi connectivity index (χ2v) is 10.9. The molecule has 4 aromatic rings. The number of rotatable bonds is 5. The Bertz CT molecular complexity index is 1410. The lowest BCUT2D eigenvalue weighted by molar-refractivity contribution is 0.0688. The largest absolute Gasteiger partial charge is 0.476 e. The van der Waals surface area contributed by atoms with E-state index < -0.39 is 5.97 Å². The number of thioether (sulfide) groups is 1. The number of carboxylic acids is 1. The van der Waals surface area contributed by atoms with E-state index >= 15 is 0 Å². The van der Waals surface area contributed by atoms with Crippen molar-refractivity contribution < 1.29 is 9.90 Å². The molecule has 1 N–H and O–H groups in total. The first-order valence-electron chi connectivity index (χ1n) is 10.8. The van der Waals surface area contributed by atoms with E-state index in [2.05, 4.69) is 35.8 Å². The van der Waals surface area contributed by atoms with Gasteiger partial charge in [0.2, 0.25) is 5.13 Å². The zero-order valence-corrected chi connectivity index (χ0v) is 21.2. The van der Waals surface area contributed by atoms with Crippen LogP contribution in [0.5, 0.6) is 0 Å². The van der Waals surface area contributed by atoms with Crippen molar-refractivity contribution in [1.82, 2.24) is 19.7 Å². The van der Waals surface area contributed by atoms with E-state index in [1.807, 2.05) is 63.2 Å². The average molecular weight is 489 g/mol. The maximum atomic E-state index is 12.4. The molecule has 0 unspecified atom stereocenters. The highest BCUT2D eigenvalue weighted by atomic mass is 32.2. The molecule has 6 nitrogen and oxygen atoms in total. The fourth-order valence-electron chi connectivity index (χ4n) is 3.60. The second-order valence-electron chi connectivity index (χ2n) is 8.08. The van der Waals surface area contributed by atoms with Crippen LogP contribution in [0, 0.1) is 32.6 Å². The van der Waals surface area contributed by atoms with E-state index in [0.29, 0.717) is 27.3 Å². The van der Waals surface area contributed by atoms with Gasteiger partial charge < -0.3 is 5.11 Å². The van der Waals surface area contributed by atoms with Crippen LogP contribution in [-0.4, -0.2) is 36.1 Å². The molecule has 0 amide bonds. The Morgan fingerprint density at radius 1 is 1.06 bits per heavy atom. The van der Waals surface area contributed by atoms with Crippen LogP contribution in [0.15, 0.2) is 46.7 Å². The first-order valence-corrected chi connectivity index (χ1v) is 12.5. The first kappa shape index (κ1) is 23.7. The highest BCUT2D eigenvalue weighted by Crippen LogP contribution is 2.36. The minimum atomic E-state index is -1.06. The van der Waals surface area contributed by atoms with Gasteiger partial charge in [0.25, 0.3) is 0 Å². The highest BCUT2D eigenvalue weighted by molar-refractivity contribution is 8.01. The number of aromatic nitrogens is 4. The Balaban J connectivity index is 1.87. The van der Waals surface area contributed by atoms with Gasteiger partial charge in [-0.05, 0) is 56.5 Å². The molecule has 0 fully saturated rings. The van der Waals surface area contributed by atoms with Crippen LogP contribution >= 0.6 is 23.1 Å². The molecule has 0 radical (unpaired) electrons. The predicted octanol–water partition coefficient (Wildman–Crippen LogP) is 5.91. The minimum Gasteiger partial charge on any atom is -0.476 e. The third-order valence-corrected chi connectivity index (χ3v) is 7.08. The van der Waals surface area contributed by atoms with Gasteiger partial charge >= 0.3 is 5.97 Å². The lowest BCUT2D eigenvalue weighted by Gasteiger charge is -2.06. The van der Waals surface area contributed by atoms with Crippen LogP contribution in [0.3, 0.4) is 0 Å². The minimum absolute atomic E-state index is 0.0833. The number of hydrogen-bond donors (Lipinski definition) is 1. The third kappa shape index (κ3) is 5.06. The smallest absolute Gasteiger partial charge is 0.355 e. The number of aromatic carboxylic acids is 1. The molecule has 0 aliphatic heterocycles. The van der Waals surface area contributed by atoms with E-state index in [4.69, 9.17) is 4.98 Å². The van der Waals surface area contributed by atoms with Crippen LogP contribution in [0.25, 0.3) is 16.3 Å². The lowest BCUT2D eigenvalue weighted by atomic mass is 10.0. The topological polar surface area (TPSA) is 80.9 Å².